The highest BCUT2D eigenvalue weighted by Gasteiger charge is 2.44. The van der Waals surface area contributed by atoms with Gasteiger partial charge in [-0.05, 0) is 37.1 Å². The topological polar surface area (TPSA) is 154 Å². The summed E-state index contributed by atoms with van der Waals surface area (Å²) in [5.41, 5.74) is 5.55. The lowest BCUT2D eigenvalue weighted by Gasteiger charge is -2.39. The van der Waals surface area contributed by atoms with E-state index in [0.717, 1.165) is 25.7 Å². The molecular weight excluding hydrogens is 399 g/mol. The molecule has 10 heteroatoms. The second-order valence-electron chi connectivity index (χ2n) is 7.24. The maximum absolute atomic E-state index is 14.4. The zero-order valence-corrected chi connectivity index (χ0v) is 16.7. The van der Waals surface area contributed by atoms with E-state index < -0.39 is 49.4 Å². The van der Waals surface area contributed by atoms with E-state index in [1.54, 1.807) is 0 Å². The number of aliphatic hydroxyl groups excluding tert-OH is 4. The van der Waals surface area contributed by atoms with Gasteiger partial charge in [-0.15, -0.1) is 0 Å². The first kappa shape index (κ1) is 24.4. The van der Waals surface area contributed by atoms with Crippen LogP contribution in [0.1, 0.15) is 37.4 Å². The first-order valence-corrected chi connectivity index (χ1v) is 10.1. The van der Waals surface area contributed by atoms with Crippen molar-refractivity contribution in [2.24, 2.45) is 5.73 Å². The molecule has 1 heterocycles. The zero-order chi connectivity index (χ0) is 22.1. The van der Waals surface area contributed by atoms with Gasteiger partial charge in [0.1, 0.15) is 30.2 Å². The van der Waals surface area contributed by atoms with Gasteiger partial charge in [-0.2, -0.15) is 0 Å². The summed E-state index contributed by atoms with van der Waals surface area (Å²) in [5, 5.41) is 41.3. The van der Waals surface area contributed by atoms with Crippen molar-refractivity contribution in [2.75, 3.05) is 19.7 Å². The maximum atomic E-state index is 14.4. The van der Waals surface area contributed by atoms with Crippen LogP contribution in [0.2, 0.25) is 0 Å². The Morgan fingerprint density at radius 2 is 1.77 bits per heavy atom. The summed E-state index contributed by atoms with van der Waals surface area (Å²) in [7, 11) is 0. The first-order valence-electron chi connectivity index (χ1n) is 10.1. The smallest absolute Gasteiger partial charge is 0.259 e. The van der Waals surface area contributed by atoms with Crippen molar-refractivity contribution in [3.05, 3.63) is 29.8 Å². The zero-order valence-electron chi connectivity index (χ0n) is 16.7. The predicted molar refractivity (Wildman–Crippen MR) is 105 cm³/mol. The third-order valence-electron chi connectivity index (χ3n) is 4.93. The van der Waals surface area contributed by atoms with Gasteiger partial charge < -0.3 is 41.0 Å². The molecule has 2 rings (SSSR count). The van der Waals surface area contributed by atoms with Crippen LogP contribution in [0.5, 0.6) is 5.75 Å². The van der Waals surface area contributed by atoms with E-state index in [0.29, 0.717) is 13.1 Å². The molecular formula is C20H31FN2O7. The molecule has 0 aromatic heterocycles. The van der Waals surface area contributed by atoms with Crippen LogP contribution < -0.4 is 15.8 Å². The summed E-state index contributed by atoms with van der Waals surface area (Å²) in [6.45, 7) is 0.451. The number of nitrogens with one attached hydrogen (secondary N) is 1. The summed E-state index contributed by atoms with van der Waals surface area (Å²) in [6, 6.07) is 5.52. The monoisotopic (exact) mass is 430 g/mol. The molecule has 0 bridgehead atoms. The molecule has 170 valence electrons. The van der Waals surface area contributed by atoms with Crippen LogP contribution in [-0.4, -0.2) is 76.7 Å². The normalized spacial score (nSPS) is 27.5. The first-order chi connectivity index (χ1) is 14.4. The van der Waals surface area contributed by atoms with Crippen molar-refractivity contribution in [2.45, 2.75) is 62.6 Å². The van der Waals surface area contributed by atoms with Crippen molar-refractivity contribution in [3.8, 4) is 5.75 Å². The van der Waals surface area contributed by atoms with E-state index in [1.165, 1.54) is 24.3 Å². The number of carbonyl (C=O) groups is 1. The lowest BCUT2D eigenvalue weighted by molar-refractivity contribution is -0.277. The summed E-state index contributed by atoms with van der Waals surface area (Å²) in [5.74, 6) is -0.535. The van der Waals surface area contributed by atoms with Gasteiger partial charge in [-0.3, -0.25) is 4.79 Å². The molecule has 1 aromatic carbocycles. The fraction of sp³-hybridized carbons (Fsp3) is 0.650. The summed E-state index contributed by atoms with van der Waals surface area (Å²) in [4.78, 5) is 11.9. The fourth-order valence-electron chi connectivity index (χ4n) is 3.09. The van der Waals surface area contributed by atoms with Gasteiger partial charge in [0.15, 0.2) is 0 Å². The average molecular weight is 430 g/mol. The lowest BCUT2D eigenvalue weighted by atomic mass is 9.99. The third-order valence-corrected chi connectivity index (χ3v) is 4.93. The number of amides is 1. The van der Waals surface area contributed by atoms with Gasteiger partial charge >= 0.3 is 0 Å². The molecule has 1 aliphatic rings. The van der Waals surface area contributed by atoms with Gasteiger partial charge in [0, 0.05) is 6.54 Å². The van der Waals surface area contributed by atoms with E-state index >= 15 is 0 Å². The van der Waals surface area contributed by atoms with Gasteiger partial charge in [0.05, 0.1) is 6.61 Å². The number of aliphatic hydroxyl groups is 4. The van der Waals surface area contributed by atoms with Crippen LogP contribution in [0.4, 0.5) is 4.39 Å². The Morgan fingerprint density at radius 3 is 2.40 bits per heavy atom. The number of nitrogens with two attached hydrogens (primary N) is 1. The second-order valence-corrected chi connectivity index (χ2v) is 7.24. The number of hydrogen-bond donors (Lipinski definition) is 6. The minimum absolute atomic E-state index is 0.136. The van der Waals surface area contributed by atoms with E-state index in [-0.39, 0.29) is 11.3 Å². The number of halogens is 1. The Morgan fingerprint density at radius 1 is 1.10 bits per heavy atom. The maximum Gasteiger partial charge on any atom is 0.259 e. The van der Waals surface area contributed by atoms with Crippen molar-refractivity contribution < 1.29 is 39.1 Å². The van der Waals surface area contributed by atoms with Gasteiger partial charge in [0.25, 0.3) is 5.91 Å². The molecule has 1 unspecified atom stereocenters. The van der Waals surface area contributed by atoms with Crippen LogP contribution in [0.15, 0.2) is 24.3 Å². The SMILES string of the molecule is NCCCCCCNC(=O)C(F)c1ccc(O[C@H]2O[C@H](CO)[C@H](O)[C@@H](O)[C@@H]2O)cc1. The van der Waals surface area contributed by atoms with E-state index in [4.69, 9.17) is 15.2 Å². The predicted octanol–water partition coefficient (Wildman–Crippen LogP) is -0.489. The van der Waals surface area contributed by atoms with Crippen LogP contribution in [0.3, 0.4) is 0 Å². The van der Waals surface area contributed by atoms with Gasteiger partial charge in [-0.1, -0.05) is 25.0 Å². The Hall–Kier alpha value is -1.82. The summed E-state index contributed by atoms with van der Waals surface area (Å²) < 4.78 is 25.1. The highest BCUT2D eigenvalue weighted by atomic mass is 19.1. The highest BCUT2D eigenvalue weighted by Crippen LogP contribution is 2.26. The second kappa shape index (κ2) is 12.1. The molecule has 9 nitrogen and oxygen atoms in total. The minimum Gasteiger partial charge on any atom is -0.462 e. The molecule has 0 spiro atoms. The Bertz CT molecular complexity index is 647. The Balaban J connectivity index is 1.86. The molecule has 1 aliphatic heterocycles. The van der Waals surface area contributed by atoms with Gasteiger partial charge in [0.2, 0.25) is 12.5 Å². The number of carbonyl (C=O) groups excluding carboxylic acids is 1. The standard InChI is InChI=1S/C20H31FN2O7/c21-15(19(28)23-10-4-2-1-3-9-22)12-5-7-13(8-6-12)29-20-18(27)17(26)16(25)14(11-24)30-20/h5-8,14-18,20,24-27H,1-4,9-11,22H2,(H,23,28)/t14-,15?,16+,17-,18+,20+/m1/s1. The minimum atomic E-state index is -1.84. The molecule has 6 atom stereocenters. The number of benzene rings is 1. The van der Waals surface area contributed by atoms with Crippen molar-refractivity contribution in [3.63, 3.8) is 0 Å². The average Bonchev–Trinajstić information content (AvgIpc) is 2.76. The largest absolute Gasteiger partial charge is 0.462 e. The van der Waals surface area contributed by atoms with Crippen molar-refractivity contribution >= 4 is 5.91 Å². The molecule has 7 N–H and O–H groups in total. The number of rotatable bonds is 11. The third kappa shape index (κ3) is 6.59. The van der Waals surface area contributed by atoms with Crippen LogP contribution in [-0.2, 0) is 9.53 Å². The Labute approximate surface area is 174 Å². The summed E-state index contributed by atoms with van der Waals surface area (Å²) >= 11 is 0. The van der Waals surface area contributed by atoms with E-state index in [2.05, 4.69) is 5.32 Å². The molecule has 1 saturated heterocycles. The molecule has 1 amide bonds. The van der Waals surface area contributed by atoms with Crippen LogP contribution >= 0.6 is 0 Å². The lowest BCUT2D eigenvalue weighted by Crippen LogP contribution is -2.60. The summed E-state index contributed by atoms with van der Waals surface area (Å²) in [6.07, 6.45) is -5.30. The van der Waals surface area contributed by atoms with E-state index in [9.17, 15) is 29.6 Å². The fourth-order valence-corrected chi connectivity index (χ4v) is 3.09. The number of ether oxygens (including phenoxy) is 2. The number of alkyl halides is 1. The number of unbranched alkanes of at least 4 members (excludes halogenated alkanes) is 3. The van der Waals surface area contributed by atoms with Gasteiger partial charge in [-0.25, -0.2) is 4.39 Å². The van der Waals surface area contributed by atoms with Crippen LogP contribution in [0, 0.1) is 0 Å². The number of hydrogen-bond acceptors (Lipinski definition) is 8. The highest BCUT2D eigenvalue weighted by molar-refractivity contribution is 5.82. The van der Waals surface area contributed by atoms with E-state index in [1.807, 2.05) is 0 Å². The molecule has 0 aliphatic carbocycles. The molecule has 1 aromatic rings. The van der Waals surface area contributed by atoms with Crippen LogP contribution in [0.25, 0.3) is 0 Å². The molecule has 0 radical (unpaired) electrons. The van der Waals surface area contributed by atoms with Crippen molar-refractivity contribution in [1.82, 2.24) is 5.32 Å². The Kier molecular flexibility index (Phi) is 9.89. The van der Waals surface area contributed by atoms with Crippen molar-refractivity contribution in [1.29, 1.82) is 0 Å². The molecule has 0 saturated carbocycles. The quantitative estimate of drug-likeness (QED) is 0.257. The molecule has 30 heavy (non-hydrogen) atoms. The molecule has 1 fully saturated rings.